The van der Waals surface area contributed by atoms with Crippen molar-refractivity contribution >= 4 is 0 Å². The lowest BCUT2D eigenvalue weighted by atomic mass is 10.1. The molecule has 0 saturated carbocycles. The van der Waals surface area contributed by atoms with Gasteiger partial charge in [-0.25, -0.2) is 0 Å². The average molecular weight is 898 g/mol. The zero-order valence-corrected chi connectivity index (χ0v) is 31.7. The summed E-state index contributed by atoms with van der Waals surface area (Å²) in [5, 5.41) is 54.5. The molecule has 3 aromatic heterocycles. The lowest BCUT2D eigenvalue weighted by Gasteiger charge is -2.26. The number of hydrogen-bond donors (Lipinski definition) is 6. The van der Waals surface area contributed by atoms with Crippen LogP contribution in [0.4, 0.5) is 39.5 Å². The van der Waals surface area contributed by atoms with Gasteiger partial charge in [-0.15, -0.1) is 0 Å². The van der Waals surface area contributed by atoms with Crippen molar-refractivity contribution in [2.75, 3.05) is 0 Å². The molecule has 0 bridgehead atoms. The lowest BCUT2D eigenvalue weighted by Crippen LogP contribution is -2.44. The van der Waals surface area contributed by atoms with Crippen LogP contribution in [0.2, 0.25) is 0 Å². The van der Waals surface area contributed by atoms with Gasteiger partial charge < -0.3 is 53.8 Å². The summed E-state index contributed by atoms with van der Waals surface area (Å²) in [5.74, 6) is -9.33. The zero-order valence-electron chi connectivity index (χ0n) is 31.7. The molecule has 0 aliphatic carbocycles. The number of aromatic nitrogens is 3. The summed E-state index contributed by atoms with van der Waals surface area (Å²) in [5.41, 5.74) is -3.76. The largest absolute Gasteiger partial charge is 0.503 e. The van der Waals surface area contributed by atoms with Crippen molar-refractivity contribution in [3.05, 3.63) is 156 Å². The van der Waals surface area contributed by atoms with Crippen LogP contribution >= 0.6 is 0 Å². The molecule has 0 amide bonds. The van der Waals surface area contributed by atoms with Gasteiger partial charge in [0.1, 0.15) is 13.2 Å². The Bertz CT molecular complexity index is 2430. The SMILES string of the molecule is C.Cn1cc(O)c(=O)cc1C(O)(O)C(F)(F)F.Cn1cc(OCc2ccccc2)c(=O)cc1C(O)(O)C(F)(F)F.Cn1cc(OCc2ccccc2)c(=O)cc1C(O)C(F)(F)F. The molecule has 23 heteroatoms. The molecule has 0 fully saturated rings. The van der Waals surface area contributed by atoms with Crippen LogP contribution in [0.15, 0.2) is 112 Å². The van der Waals surface area contributed by atoms with E-state index < -0.39 is 75.3 Å². The summed E-state index contributed by atoms with van der Waals surface area (Å²) < 4.78 is 125. The molecule has 340 valence electrons. The molecule has 0 aliphatic rings. The Balaban J connectivity index is 0.000000323. The first-order valence-corrected chi connectivity index (χ1v) is 16.9. The molecule has 0 radical (unpaired) electrons. The van der Waals surface area contributed by atoms with Gasteiger partial charge in [0, 0.05) is 45.5 Å². The summed E-state index contributed by atoms with van der Waals surface area (Å²) in [7, 11) is 3.48. The van der Waals surface area contributed by atoms with Crippen molar-refractivity contribution in [1.82, 2.24) is 13.7 Å². The summed E-state index contributed by atoms with van der Waals surface area (Å²) in [6.45, 7) is 0.176. The number of pyridine rings is 3. The quantitative estimate of drug-likeness (QED) is 0.0888. The number of aromatic hydroxyl groups is 1. The van der Waals surface area contributed by atoms with Crippen LogP contribution in [0.25, 0.3) is 0 Å². The number of aliphatic hydroxyl groups excluding tert-OH is 1. The lowest BCUT2D eigenvalue weighted by molar-refractivity contribution is -0.360. The van der Waals surface area contributed by atoms with Crippen molar-refractivity contribution in [2.45, 2.75) is 56.8 Å². The predicted octanol–water partition coefficient (Wildman–Crippen LogP) is 4.65. The Labute approximate surface area is 344 Å². The van der Waals surface area contributed by atoms with E-state index >= 15 is 0 Å². The number of halogens is 9. The molecule has 62 heavy (non-hydrogen) atoms. The van der Waals surface area contributed by atoms with Crippen molar-refractivity contribution in [1.29, 1.82) is 0 Å². The minimum Gasteiger partial charge on any atom is -0.503 e. The summed E-state index contributed by atoms with van der Waals surface area (Å²) in [6, 6.07) is 19.4. The van der Waals surface area contributed by atoms with Gasteiger partial charge in [0.05, 0.1) is 29.5 Å². The van der Waals surface area contributed by atoms with E-state index in [1.807, 2.05) is 6.07 Å². The van der Waals surface area contributed by atoms with Crippen LogP contribution in [0.1, 0.15) is 41.7 Å². The summed E-state index contributed by atoms with van der Waals surface area (Å²) >= 11 is 0. The number of benzene rings is 2. The van der Waals surface area contributed by atoms with Gasteiger partial charge in [0.2, 0.25) is 16.3 Å². The maximum atomic E-state index is 12.7. The predicted molar refractivity (Wildman–Crippen MR) is 200 cm³/mol. The minimum absolute atomic E-state index is 0. The topological polar surface area (TPSA) is 206 Å². The highest BCUT2D eigenvalue weighted by molar-refractivity contribution is 5.27. The molecule has 14 nitrogen and oxygen atoms in total. The number of nitrogens with zero attached hydrogens (tertiary/aromatic N) is 3. The number of rotatable bonds is 9. The van der Waals surface area contributed by atoms with Gasteiger partial charge in [0.15, 0.2) is 23.4 Å². The van der Waals surface area contributed by atoms with E-state index in [1.54, 1.807) is 54.6 Å². The molecule has 1 unspecified atom stereocenters. The van der Waals surface area contributed by atoms with Crippen LogP contribution in [-0.2, 0) is 45.9 Å². The van der Waals surface area contributed by atoms with Crippen LogP contribution in [0, 0.1) is 0 Å². The standard InChI is InChI=1S/C15H14F3NO4.C15H14F3NO3.C8H8F3NO4.CH4/c1-19-8-12(23-9-10-5-3-2-4-6-10)11(20)7-13(19)14(21,22)15(16,17)18;1-19-8-13(22-9-10-5-3-2-4-6-10)12(20)7-11(19)14(21)15(16,17)18;1-12-3-5(14)4(13)2-6(12)7(15,16)8(9,10)11;/h2-8,21-22H,9H2,1H3;2-8,14,21H,9H2,1H3;2-3,14-16H,1H3;1H4. The second-order valence-electron chi connectivity index (χ2n) is 12.9. The normalized spacial score (nSPS) is 12.5. The Morgan fingerprint density at radius 2 is 0.919 bits per heavy atom. The molecule has 5 aromatic rings. The van der Waals surface area contributed by atoms with Crippen LogP contribution < -0.4 is 25.8 Å². The number of aliphatic hydroxyl groups is 5. The Kier molecular flexibility index (Phi) is 16.9. The Morgan fingerprint density at radius 1 is 0.565 bits per heavy atom. The van der Waals surface area contributed by atoms with Gasteiger partial charge in [-0.05, 0) is 11.1 Å². The third-order valence-corrected chi connectivity index (χ3v) is 8.23. The highest BCUT2D eigenvalue weighted by atomic mass is 19.4. The molecule has 5 rings (SSSR count). The van der Waals surface area contributed by atoms with Crippen molar-refractivity contribution in [3.8, 4) is 17.2 Å². The highest BCUT2D eigenvalue weighted by Gasteiger charge is 2.56. The van der Waals surface area contributed by atoms with E-state index in [4.69, 9.17) is 24.8 Å². The monoisotopic (exact) mass is 897 g/mol. The second kappa shape index (κ2) is 20.2. The second-order valence-corrected chi connectivity index (χ2v) is 12.9. The van der Waals surface area contributed by atoms with E-state index in [0.717, 1.165) is 52.8 Å². The fourth-order valence-corrected chi connectivity index (χ4v) is 4.95. The highest BCUT2D eigenvalue weighted by Crippen LogP contribution is 2.37. The fraction of sp³-hybridized carbons (Fsp3) is 0.308. The first-order chi connectivity index (χ1) is 28.0. The molecular formula is C39H40F9N3O11. The maximum absolute atomic E-state index is 12.7. The molecular weight excluding hydrogens is 857 g/mol. The van der Waals surface area contributed by atoms with Gasteiger partial charge >= 0.3 is 30.1 Å². The number of ether oxygens (including phenoxy) is 2. The number of alkyl halides is 9. The molecule has 0 spiro atoms. The van der Waals surface area contributed by atoms with Crippen LogP contribution in [-0.4, -0.2) is 62.9 Å². The van der Waals surface area contributed by atoms with Crippen LogP contribution in [0.5, 0.6) is 17.2 Å². The molecule has 6 N–H and O–H groups in total. The Hall–Kier alpha value is -6.14. The van der Waals surface area contributed by atoms with Gasteiger partial charge in [-0.2, -0.15) is 39.5 Å². The van der Waals surface area contributed by atoms with Crippen LogP contribution in [0.3, 0.4) is 0 Å². The Morgan fingerprint density at radius 3 is 1.31 bits per heavy atom. The first-order valence-electron chi connectivity index (χ1n) is 16.9. The molecule has 3 heterocycles. The summed E-state index contributed by atoms with van der Waals surface area (Å²) in [4.78, 5) is 34.6. The van der Waals surface area contributed by atoms with E-state index in [0.29, 0.717) is 22.9 Å². The molecule has 1 atom stereocenters. The third-order valence-electron chi connectivity index (χ3n) is 8.23. The average Bonchev–Trinajstić information content (AvgIpc) is 3.16. The fourth-order valence-electron chi connectivity index (χ4n) is 4.95. The van der Waals surface area contributed by atoms with E-state index in [-0.39, 0.29) is 32.1 Å². The smallest absolute Gasteiger partial charge is 0.449 e. The number of hydrogen-bond acceptors (Lipinski definition) is 11. The van der Waals surface area contributed by atoms with Crippen molar-refractivity contribution < 1.29 is 79.6 Å². The van der Waals surface area contributed by atoms with Gasteiger partial charge in [0.25, 0.3) is 0 Å². The first kappa shape index (κ1) is 52.0. The van der Waals surface area contributed by atoms with Crippen molar-refractivity contribution in [2.24, 2.45) is 21.1 Å². The van der Waals surface area contributed by atoms with Crippen molar-refractivity contribution in [3.63, 3.8) is 0 Å². The van der Waals surface area contributed by atoms with E-state index in [9.17, 15) is 69.2 Å². The van der Waals surface area contributed by atoms with Gasteiger partial charge in [-0.3, -0.25) is 14.4 Å². The maximum Gasteiger partial charge on any atom is 0.449 e. The van der Waals surface area contributed by atoms with E-state index in [1.165, 1.54) is 7.05 Å². The molecule has 0 aliphatic heterocycles. The minimum atomic E-state index is -5.35. The van der Waals surface area contributed by atoms with E-state index in [2.05, 4.69) is 0 Å². The molecule has 2 aromatic carbocycles. The van der Waals surface area contributed by atoms with Gasteiger partial charge in [-0.1, -0.05) is 68.1 Å². The third kappa shape index (κ3) is 12.9. The summed E-state index contributed by atoms with van der Waals surface area (Å²) in [6.07, 6.45) is -15.5. The zero-order chi connectivity index (χ0) is 46.3. The molecule has 0 saturated heterocycles. The number of aryl methyl sites for hydroxylation is 3.